The summed E-state index contributed by atoms with van der Waals surface area (Å²) in [5.41, 5.74) is 6.20. The molecule has 2 aromatic heterocycles. The zero-order chi connectivity index (χ0) is 18.1. The fourth-order valence-corrected chi connectivity index (χ4v) is 4.23. The van der Waals surface area contributed by atoms with Gasteiger partial charge in [0, 0.05) is 13.1 Å². The molecule has 0 radical (unpaired) electrons. The molecule has 1 aliphatic heterocycles. The molecule has 7 heteroatoms. The van der Waals surface area contributed by atoms with Gasteiger partial charge in [-0.25, -0.2) is 4.68 Å². The number of amides is 1. The lowest BCUT2D eigenvalue weighted by atomic mass is 9.91. The van der Waals surface area contributed by atoms with E-state index in [0.29, 0.717) is 17.5 Å². The van der Waals surface area contributed by atoms with Crippen molar-refractivity contribution in [3.63, 3.8) is 0 Å². The molecule has 3 heterocycles. The van der Waals surface area contributed by atoms with E-state index in [-0.39, 0.29) is 11.6 Å². The van der Waals surface area contributed by atoms with E-state index in [1.54, 1.807) is 13.0 Å². The number of nitrogens with two attached hydrogens (primary N) is 1. The number of rotatable bonds is 3. The Balaban J connectivity index is 1.92. The molecule has 0 aliphatic carbocycles. The number of piperidine rings is 1. The predicted molar refractivity (Wildman–Crippen MR) is 100 cm³/mol. The van der Waals surface area contributed by atoms with E-state index in [9.17, 15) is 9.59 Å². The Morgan fingerprint density at radius 1 is 1.36 bits per heavy atom. The summed E-state index contributed by atoms with van der Waals surface area (Å²) in [7, 11) is 0. The highest BCUT2D eigenvalue weighted by molar-refractivity contribution is 7.13. The van der Waals surface area contributed by atoms with E-state index in [0.717, 1.165) is 24.4 Å². The number of likely N-dealkylation sites (tertiary alicyclic amines) is 1. The van der Waals surface area contributed by atoms with Crippen LogP contribution >= 0.6 is 11.3 Å². The summed E-state index contributed by atoms with van der Waals surface area (Å²) in [6, 6.07) is 4.74. The molecule has 1 saturated heterocycles. The lowest BCUT2D eigenvalue weighted by molar-refractivity contribution is -0.137. The van der Waals surface area contributed by atoms with Crippen molar-refractivity contribution in [2.24, 2.45) is 11.8 Å². The number of carbonyl (C=O) groups is 1. The summed E-state index contributed by atoms with van der Waals surface area (Å²) in [6.07, 6.45) is 1.12. The summed E-state index contributed by atoms with van der Waals surface area (Å²) >= 11 is 1.52. The number of thiophene rings is 1. The monoisotopic (exact) mass is 360 g/mol. The van der Waals surface area contributed by atoms with Gasteiger partial charge in [0.05, 0.1) is 4.88 Å². The fraction of sp³-hybridized carbons (Fsp3) is 0.500. The van der Waals surface area contributed by atoms with Crippen LogP contribution in [0, 0.1) is 11.8 Å². The number of anilines is 1. The van der Waals surface area contributed by atoms with Crippen LogP contribution in [0.4, 0.5) is 5.69 Å². The van der Waals surface area contributed by atoms with Crippen LogP contribution in [0.1, 0.15) is 33.2 Å². The molecule has 3 atom stereocenters. The van der Waals surface area contributed by atoms with Gasteiger partial charge < -0.3 is 10.6 Å². The van der Waals surface area contributed by atoms with Crippen molar-refractivity contribution in [2.75, 3.05) is 18.8 Å². The van der Waals surface area contributed by atoms with E-state index in [4.69, 9.17) is 5.73 Å². The molecule has 2 aromatic rings. The molecule has 6 nitrogen and oxygen atoms in total. The minimum absolute atomic E-state index is 0.0734. The summed E-state index contributed by atoms with van der Waals surface area (Å²) < 4.78 is 1.23. The summed E-state index contributed by atoms with van der Waals surface area (Å²) in [5.74, 6) is 0.856. The summed E-state index contributed by atoms with van der Waals surface area (Å²) in [6.45, 7) is 7.48. The minimum Gasteiger partial charge on any atom is -0.394 e. The Morgan fingerprint density at radius 2 is 2.04 bits per heavy atom. The van der Waals surface area contributed by atoms with Gasteiger partial charge in [0.1, 0.15) is 17.4 Å². The number of hydrogen-bond acceptors (Lipinski definition) is 5. The van der Waals surface area contributed by atoms with Crippen molar-refractivity contribution >= 4 is 22.9 Å². The van der Waals surface area contributed by atoms with E-state index in [1.165, 1.54) is 16.0 Å². The highest BCUT2D eigenvalue weighted by Crippen LogP contribution is 2.25. The third-order valence-corrected chi connectivity index (χ3v) is 5.53. The zero-order valence-electron chi connectivity index (χ0n) is 14.8. The maximum atomic E-state index is 12.9. The van der Waals surface area contributed by atoms with Gasteiger partial charge in [-0.2, -0.15) is 5.10 Å². The SMILES string of the molecule is C[C@@H]1C[C@@H](C)CN(C(=O)[C@H](C)n2nc(-c3cccs3)cc(N)c2=O)C1. The molecule has 1 amide bonds. The highest BCUT2D eigenvalue weighted by Gasteiger charge is 2.30. The Kier molecular flexibility index (Phi) is 4.94. The number of aromatic nitrogens is 2. The van der Waals surface area contributed by atoms with Crippen LogP contribution in [0.5, 0.6) is 0 Å². The van der Waals surface area contributed by atoms with Gasteiger partial charge in [-0.1, -0.05) is 19.9 Å². The number of hydrogen-bond donors (Lipinski definition) is 1. The summed E-state index contributed by atoms with van der Waals surface area (Å²) in [5, 5.41) is 6.35. The normalized spacial score (nSPS) is 22.0. The van der Waals surface area contributed by atoms with Crippen LogP contribution in [0.3, 0.4) is 0 Å². The molecule has 1 aliphatic rings. The first-order valence-corrected chi connectivity index (χ1v) is 9.46. The van der Waals surface area contributed by atoms with Gasteiger partial charge in [-0.15, -0.1) is 11.3 Å². The third kappa shape index (κ3) is 3.61. The maximum absolute atomic E-state index is 12.9. The van der Waals surface area contributed by atoms with Crippen molar-refractivity contribution in [3.05, 3.63) is 33.9 Å². The number of nitrogen functional groups attached to an aromatic ring is 1. The molecule has 25 heavy (non-hydrogen) atoms. The predicted octanol–water partition coefficient (Wildman–Crippen LogP) is 2.62. The Hall–Kier alpha value is -2.15. The Morgan fingerprint density at radius 3 is 2.64 bits per heavy atom. The van der Waals surface area contributed by atoms with Crippen LogP contribution in [0.2, 0.25) is 0 Å². The first-order valence-electron chi connectivity index (χ1n) is 8.58. The van der Waals surface area contributed by atoms with Gasteiger partial charge in [0.25, 0.3) is 5.56 Å². The molecular formula is C18H24N4O2S. The van der Waals surface area contributed by atoms with Gasteiger partial charge in [-0.3, -0.25) is 9.59 Å². The topological polar surface area (TPSA) is 81.2 Å². The van der Waals surface area contributed by atoms with Gasteiger partial charge in [-0.05, 0) is 42.7 Å². The van der Waals surface area contributed by atoms with E-state index >= 15 is 0 Å². The molecule has 1 fully saturated rings. The molecule has 0 unspecified atom stereocenters. The minimum atomic E-state index is -0.674. The average molecular weight is 360 g/mol. The largest absolute Gasteiger partial charge is 0.394 e. The Labute approximate surface area is 151 Å². The molecule has 0 bridgehead atoms. The van der Waals surface area contributed by atoms with Crippen molar-refractivity contribution in [3.8, 4) is 10.6 Å². The molecule has 134 valence electrons. The molecule has 3 rings (SSSR count). The fourth-order valence-electron chi connectivity index (χ4n) is 3.55. The smallest absolute Gasteiger partial charge is 0.290 e. The van der Waals surface area contributed by atoms with Crippen molar-refractivity contribution in [2.45, 2.75) is 33.2 Å². The van der Waals surface area contributed by atoms with Crippen LogP contribution in [-0.4, -0.2) is 33.7 Å². The second-order valence-electron chi connectivity index (χ2n) is 7.08. The molecule has 0 aromatic carbocycles. The molecule has 0 spiro atoms. The van der Waals surface area contributed by atoms with Crippen LogP contribution in [-0.2, 0) is 4.79 Å². The second kappa shape index (κ2) is 7.00. The van der Waals surface area contributed by atoms with Crippen molar-refractivity contribution < 1.29 is 4.79 Å². The van der Waals surface area contributed by atoms with Crippen LogP contribution in [0.25, 0.3) is 10.6 Å². The van der Waals surface area contributed by atoms with E-state index in [2.05, 4.69) is 18.9 Å². The highest BCUT2D eigenvalue weighted by atomic mass is 32.1. The lowest BCUT2D eigenvalue weighted by Crippen LogP contribution is -2.47. The standard InChI is InChI=1S/C18H24N4O2S/c1-11-7-12(2)10-21(9-11)17(23)13(3)22-18(24)14(19)8-15(20-22)16-5-4-6-25-16/h4-6,8,11-13H,7,9-10,19H2,1-3H3/t11-,12-,13+/m1/s1. The number of carbonyl (C=O) groups excluding carboxylic acids is 1. The van der Waals surface area contributed by atoms with Crippen LogP contribution in [0.15, 0.2) is 28.4 Å². The van der Waals surface area contributed by atoms with Crippen molar-refractivity contribution in [1.82, 2.24) is 14.7 Å². The first-order chi connectivity index (χ1) is 11.9. The molecular weight excluding hydrogens is 336 g/mol. The van der Waals surface area contributed by atoms with Gasteiger partial charge >= 0.3 is 0 Å². The zero-order valence-corrected chi connectivity index (χ0v) is 15.6. The third-order valence-electron chi connectivity index (χ3n) is 4.64. The average Bonchev–Trinajstić information content (AvgIpc) is 3.09. The van der Waals surface area contributed by atoms with E-state index < -0.39 is 11.6 Å². The lowest BCUT2D eigenvalue weighted by Gasteiger charge is -2.36. The van der Waals surface area contributed by atoms with E-state index in [1.807, 2.05) is 22.4 Å². The molecule has 2 N–H and O–H groups in total. The Bertz CT molecular complexity index is 805. The second-order valence-corrected chi connectivity index (χ2v) is 8.02. The van der Waals surface area contributed by atoms with Gasteiger partial charge in [0.2, 0.25) is 5.91 Å². The maximum Gasteiger partial charge on any atom is 0.290 e. The quantitative estimate of drug-likeness (QED) is 0.912. The first kappa shape index (κ1) is 17.7. The number of nitrogens with zero attached hydrogens (tertiary/aromatic N) is 3. The van der Waals surface area contributed by atoms with Crippen LogP contribution < -0.4 is 11.3 Å². The molecule has 0 saturated carbocycles. The van der Waals surface area contributed by atoms with Crippen molar-refractivity contribution in [1.29, 1.82) is 0 Å². The van der Waals surface area contributed by atoms with Gasteiger partial charge in [0.15, 0.2) is 0 Å². The summed E-state index contributed by atoms with van der Waals surface area (Å²) in [4.78, 5) is 28.2.